The summed E-state index contributed by atoms with van der Waals surface area (Å²) < 4.78 is 16.3. The van der Waals surface area contributed by atoms with E-state index in [2.05, 4.69) is 60.1 Å². The number of amides is 1. The fourth-order valence-electron chi connectivity index (χ4n) is 7.94. The molecule has 0 aliphatic carbocycles. The standard InChI is InChI=1S/C35H37N3O5S2/c1-5-11-44-17-19-7-9-24-21(13-19)28-29-23(16-36-32(29)39)27-22-14-20(18-45-12-6-2)8-10-25(22)38-31(27)30(28)37(24)26-15-35(41,33(40)42-4)34(38,3)43-26/h7-10,13-14,26,41H,5-6,11-12,15-18H2,1-4H3,(H,36,39)/t26?,34-,35-/m0/s1. The maximum Gasteiger partial charge on any atom is 0.343 e. The smallest absolute Gasteiger partial charge is 0.343 e. The number of nitrogens with one attached hydrogen (secondary N) is 1. The largest absolute Gasteiger partial charge is 0.467 e. The second-order valence-electron chi connectivity index (χ2n) is 12.6. The summed E-state index contributed by atoms with van der Waals surface area (Å²) in [4.78, 5) is 27.2. The summed E-state index contributed by atoms with van der Waals surface area (Å²) >= 11 is 3.80. The lowest BCUT2D eigenvalue weighted by atomic mass is 9.88. The number of nitrogens with zero attached hydrogens (tertiary/aromatic N) is 2. The molecule has 3 aliphatic rings. The molecule has 5 aromatic rings. The first-order chi connectivity index (χ1) is 21.8. The van der Waals surface area contributed by atoms with E-state index in [0.717, 1.165) is 90.6 Å². The van der Waals surface area contributed by atoms with Gasteiger partial charge in [0.15, 0.2) is 5.72 Å². The van der Waals surface area contributed by atoms with Crippen LogP contribution < -0.4 is 5.32 Å². The third-order valence-corrected chi connectivity index (χ3v) is 12.4. The fourth-order valence-corrected chi connectivity index (χ4v) is 9.63. The molecule has 3 aliphatic heterocycles. The first-order valence-corrected chi connectivity index (χ1v) is 18.1. The van der Waals surface area contributed by atoms with Crippen molar-refractivity contribution >= 4 is 79.0 Å². The second-order valence-corrected chi connectivity index (χ2v) is 14.8. The predicted octanol–water partition coefficient (Wildman–Crippen LogP) is 6.94. The number of ether oxygens (including phenoxy) is 2. The Kier molecular flexibility index (Phi) is 6.77. The topological polar surface area (TPSA) is 94.7 Å². The molecule has 1 fully saturated rings. The number of hydrogen-bond acceptors (Lipinski definition) is 7. The Morgan fingerprint density at radius 2 is 1.67 bits per heavy atom. The van der Waals surface area contributed by atoms with Gasteiger partial charge in [-0.25, -0.2) is 4.79 Å². The minimum absolute atomic E-state index is 0.0127. The molecule has 10 heteroatoms. The molecule has 3 atom stereocenters. The number of esters is 1. The number of aliphatic hydroxyl groups is 1. The molecule has 1 amide bonds. The highest BCUT2D eigenvalue weighted by molar-refractivity contribution is 7.98. The van der Waals surface area contributed by atoms with Crippen LogP contribution in [0.2, 0.25) is 0 Å². The van der Waals surface area contributed by atoms with Crippen LogP contribution in [0.15, 0.2) is 36.4 Å². The Labute approximate surface area is 269 Å². The molecule has 234 valence electrons. The maximum absolute atomic E-state index is 13.7. The van der Waals surface area contributed by atoms with Crippen molar-refractivity contribution < 1.29 is 24.2 Å². The van der Waals surface area contributed by atoms with E-state index in [1.807, 2.05) is 28.1 Å². The average Bonchev–Trinajstić information content (AvgIpc) is 3.73. The van der Waals surface area contributed by atoms with Crippen molar-refractivity contribution in [3.05, 3.63) is 58.7 Å². The minimum Gasteiger partial charge on any atom is -0.467 e. The Balaban J connectivity index is 1.54. The van der Waals surface area contributed by atoms with Gasteiger partial charge in [0.25, 0.3) is 5.91 Å². The van der Waals surface area contributed by atoms with Crippen LogP contribution in [0, 0.1) is 0 Å². The van der Waals surface area contributed by atoms with E-state index in [-0.39, 0.29) is 12.3 Å². The first kappa shape index (κ1) is 29.2. The highest BCUT2D eigenvalue weighted by Crippen LogP contribution is 2.58. The van der Waals surface area contributed by atoms with E-state index < -0.39 is 23.5 Å². The van der Waals surface area contributed by atoms with Gasteiger partial charge < -0.3 is 29.0 Å². The highest BCUT2D eigenvalue weighted by atomic mass is 32.2. The summed E-state index contributed by atoms with van der Waals surface area (Å²) in [5.41, 5.74) is 4.19. The molecule has 8 nitrogen and oxygen atoms in total. The van der Waals surface area contributed by atoms with Gasteiger partial charge >= 0.3 is 5.97 Å². The second kappa shape index (κ2) is 10.4. The third kappa shape index (κ3) is 3.82. The normalized spacial score (nSPS) is 23.5. The minimum atomic E-state index is -1.95. The van der Waals surface area contributed by atoms with Gasteiger partial charge in [-0.3, -0.25) is 4.79 Å². The lowest BCUT2D eigenvalue weighted by Crippen LogP contribution is -2.56. The maximum atomic E-state index is 13.7. The van der Waals surface area contributed by atoms with Gasteiger partial charge in [0.05, 0.1) is 34.7 Å². The Hall–Kier alpha value is -3.18. The van der Waals surface area contributed by atoms with Crippen LogP contribution in [0.3, 0.4) is 0 Å². The summed E-state index contributed by atoms with van der Waals surface area (Å²) in [6, 6.07) is 12.9. The predicted molar refractivity (Wildman–Crippen MR) is 182 cm³/mol. The Morgan fingerprint density at radius 1 is 1.02 bits per heavy atom. The van der Waals surface area contributed by atoms with Crippen molar-refractivity contribution in [1.82, 2.24) is 14.5 Å². The van der Waals surface area contributed by atoms with E-state index in [1.165, 1.54) is 18.2 Å². The molecule has 1 saturated heterocycles. The summed E-state index contributed by atoms with van der Waals surface area (Å²) in [5.74, 6) is 3.12. The molecule has 3 aromatic carbocycles. The summed E-state index contributed by atoms with van der Waals surface area (Å²) in [7, 11) is 1.31. The van der Waals surface area contributed by atoms with Gasteiger partial charge in [0.1, 0.15) is 6.23 Å². The van der Waals surface area contributed by atoms with Crippen LogP contribution in [-0.4, -0.2) is 50.3 Å². The molecule has 2 bridgehead atoms. The molecule has 2 N–H and O–H groups in total. The van der Waals surface area contributed by atoms with Crippen molar-refractivity contribution in [3.8, 4) is 0 Å². The van der Waals surface area contributed by atoms with Crippen molar-refractivity contribution in [2.45, 2.75) is 75.6 Å². The van der Waals surface area contributed by atoms with Crippen molar-refractivity contribution in [1.29, 1.82) is 0 Å². The molecule has 1 unspecified atom stereocenters. The van der Waals surface area contributed by atoms with Gasteiger partial charge in [-0.2, -0.15) is 23.5 Å². The summed E-state index contributed by atoms with van der Waals surface area (Å²) in [6.45, 7) is 6.58. The van der Waals surface area contributed by atoms with E-state index >= 15 is 0 Å². The van der Waals surface area contributed by atoms with Gasteiger partial charge in [0, 0.05) is 46.0 Å². The van der Waals surface area contributed by atoms with Crippen LogP contribution in [0.5, 0.6) is 0 Å². The number of hydrogen-bond donors (Lipinski definition) is 2. The molecule has 0 radical (unpaired) electrons. The summed E-state index contributed by atoms with van der Waals surface area (Å²) in [6.07, 6.45) is 1.57. The van der Waals surface area contributed by atoms with Crippen LogP contribution in [-0.2, 0) is 38.0 Å². The number of carbonyl (C=O) groups is 2. The number of thioether (sulfide) groups is 2. The van der Waals surface area contributed by atoms with E-state index in [0.29, 0.717) is 6.54 Å². The molecular weight excluding hydrogens is 607 g/mol. The fraction of sp³-hybridized carbons (Fsp3) is 0.429. The van der Waals surface area contributed by atoms with E-state index in [9.17, 15) is 14.7 Å². The quantitative estimate of drug-likeness (QED) is 0.133. The van der Waals surface area contributed by atoms with Gasteiger partial charge in [-0.05, 0) is 72.2 Å². The molecule has 0 saturated carbocycles. The molecule has 0 spiro atoms. The van der Waals surface area contributed by atoms with Gasteiger partial charge in [-0.1, -0.05) is 26.0 Å². The first-order valence-electron chi connectivity index (χ1n) is 15.8. The average molecular weight is 644 g/mol. The number of carbonyl (C=O) groups excluding carboxylic acids is 2. The van der Waals surface area contributed by atoms with Crippen molar-refractivity contribution in [3.63, 3.8) is 0 Å². The van der Waals surface area contributed by atoms with Crippen LogP contribution in [0.4, 0.5) is 0 Å². The number of aromatic nitrogens is 2. The molecule has 8 rings (SSSR count). The van der Waals surface area contributed by atoms with Crippen LogP contribution >= 0.6 is 23.5 Å². The lowest BCUT2D eigenvalue weighted by Gasteiger charge is -2.37. The molecule has 2 aromatic heterocycles. The monoisotopic (exact) mass is 643 g/mol. The molecular formula is C35H37N3O5S2. The van der Waals surface area contributed by atoms with Gasteiger partial charge in [-0.15, -0.1) is 0 Å². The number of benzene rings is 3. The molecule has 45 heavy (non-hydrogen) atoms. The number of methoxy groups -OCH3 is 1. The lowest BCUT2D eigenvalue weighted by molar-refractivity contribution is -0.202. The number of fused-ring (bicyclic) bond motifs is 13. The van der Waals surface area contributed by atoms with Crippen molar-refractivity contribution in [2.24, 2.45) is 0 Å². The van der Waals surface area contributed by atoms with Crippen molar-refractivity contribution in [2.75, 3.05) is 18.6 Å². The van der Waals surface area contributed by atoms with E-state index in [1.54, 1.807) is 6.92 Å². The number of rotatable bonds is 9. The van der Waals surface area contributed by atoms with Crippen LogP contribution in [0.25, 0.3) is 43.6 Å². The SMILES string of the molecule is CCCSCc1ccc2c(c1)c1c3c(c4c5cc(CSCCC)ccc5n5c4c1n2C1C[C@](O)(C(=O)OC)[C@]5(C)O1)CNC3=O. The third-order valence-electron chi connectivity index (χ3n) is 9.90. The summed E-state index contributed by atoms with van der Waals surface area (Å²) in [5, 5.41) is 19.3. The molecule has 5 heterocycles. The Bertz CT molecular complexity index is 2080. The highest BCUT2D eigenvalue weighted by Gasteiger charge is 2.65. The zero-order valence-electron chi connectivity index (χ0n) is 26.0. The van der Waals surface area contributed by atoms with E-state index in [4.69, 9.17) is 9.47 Å². The van der Waals surface area contributed by atoms with Crippen LogP contribution in [0.1, 0.15) is 73.3 Å². The Morgan fingerprint density at radius 3 is 2.31 bits per heavy atom. The van der Waals surface area contributed by atoms with Gasteiger partial charge in [0.2, 0.25) is 5.60 Å². The zero-order chi connectivity index (χ0) is 31.2. The zero-order valence-corrected chi connectivity index (χ0v) is 27.6.